The van der Waals surface area contributed by atoms with Crippen molar-refractivity contribution in [1.82, 2.24) is 0 Å². The van der Waals surface area contributed by atoms with Crippen LogP contribution in [0.25, 0.3) is 0 Å². The molecule has 0 aromatic heterocycles. The van der Waals surface area contributed by atoms with E-state index in [4.69, 9.17) is 27.9 Å². The van der Waals surface area contributed by atoms with Crippen LogP contribution in [0, 0.1) is 5.82 Å². The molecular weight excluding hydrogens is 360 g/mol. The summed E-state index contributed by atoms with van der Waals surface area (Å²) in [6.45, 7) is 0.251. The van der Waals surface area contributed by atoms with Crippen molar-refractivity contribution in [3.05, 3.63) is 57.8 Å². The number of ether oxygens (including phenoxy) is 2. The van der Waals surface area contributed by atoms with E-state index in [0.29, 0.717) is 10.8 Å². The summed E-state index contributed by atoms with van der Waals surface area (Å²) >= 11 is 16.2. The van der Waals surface area contributed by atoms with E-state index in [2.05, 4.69) is 22.3 Å². The number of methoxy groups -OCH3 is 1. The van der Waals surface area contributed by atoms with Gasteiger partial charge in [0.25, 0.3) is 0 Å². The van der Waals surface area contributed by atoms with Gasteiger partial charge in [-0.15, -0.1) is 0 Å². The number of nitrogens with one attached hydrogen (secondary N) is 1. The Morgan fingerprint density at radius 2 is 1.91 bits per heavy atom. The zero-order valence-electron chi connectivity index (χ0n) is 12.6. The van der Waals surface area contributed by atoms with Crippen LogP contribution in [-0.4, -0.2) is 19.7 Å². The molecule has 1 N–H and O–H groups in total. The molecule has 0 atom stereocenters. The number of rotatable bonds is 5. The van der Waals surface area contributed by atoms with Gasteiger partial charge in [-0.25, -0.2) is 4.39 Å². The molecule has 3 nitrogen and oxygen atoms in total. The molecule has 0 spiro atoms. The molecule has 0 unspecified atom stereocenters. The summed E-state index contributed by atoms with van der Waals surface area (Å²) in [7, 11) is 3.33. The average Bonchev–Trinajstić information content (AvgIpc) is 2.55. The number of thiocarbonyl (C=S) groups is 1. The summed E-state index contributed by atoms with van der Waals surface area (Å²) in [6, 6.07) is 9.54. The molecule has 0 aliphatic rings. The molecule has 0 aliphatic heterocycles. The molecule has 2 aromatic carbocycles. The topological polar surface area (TPSA) is 30.5 Å². The summed E-state index contributed by atoms with van der Waals surface area (Å²) < 4.78 is 22.7. The van der Waals surface area contributed by atoms with Crippen molar-refractivity contribution in [2.45, 2.75) is 6.61 Å². The van der Waals surface area contributed by atoms with Crippen molar-refractivity contribution in [2.75, 3.05) is 19.5 Å². The molecule has 23 heavy (non-hydrogen) atoms. The average molecular weight is 376 g/mol. The lowest BCUT2D eigenvalue weighted by Crippen LogP contribution is -2.02. The molecule has 0 saturated heterocycles. The summed E-state index contributed by atoms with van der Waals surface area (Å²) in [5, 5.41) is 3.88. The standard InChI is InChI=1S/C14H12Cl2FNO.C2H4OS/c1-18-13-4-2-3-11(15)10(13)8-19-14-6-5-9(17)7-12(14)16;1-3-2-4/h2-7,18H,8H2,1H3;2H,1H3. The third-order valence-corrected chi connectivity index (χ3v) is 3.59. The molecule has 0 amide bonds. The van der Waals surface area contributed by atoms with Crippen LogP contribution in [-0.2, 0) is 11.3 Å². The Morgan fingerprint density at radius 3 is 2.48 bits per heavy atom. The van der Waals surface area contributed by atoms with Crippen molar-refractivity contribution in [2.24, 2.45) is 0 Å². The van der Waals surface area contributed by atoms with Crippen LogP contribution >= 0.6 is 35.4 Å². The largest absolute Gasteiger partial charge is 0.493 e. The van der Waals surface area contributed by atoms with Gasteiger partial charge in [-0.3, -0.25) is 0 Å². The fourth-order valence-electron chi connectivity index (χ4n) is 1.68. The van der Waals surface area contributed by atoms with Gasteiger partial charge in [-0.05, 0) is 42.5 Å². The second kappa shape index (κ2) is 10.3. The van der Waals surface area contributed by atoms with E-state index in [1.807, 2.05) is 12.1 Å². The fourth-order valence-corrected chi connectivity index (χ4v) is 2.13. The van der Waals surface area contributed by atoms with Crippen LogP contribution in [0.4, 0.5) is 10.1 Å². The first-order valence-electron chi connectivity index (χ1n) is 6.53. The Kier molecular flexibility index (Phi) is 8.69. The quantitative estimate of drug-likeness (QED) is 0.714. The normalized spacial score (nSPS) is 9.43. The Balaban J connectivity index is 0.000000593. The lowest BCUT2D eigenvalue weighted by Gasteiger charge is -2.13. The van der Waals surface area contributed by atoms with Gasteiger partial charge >= 0.3 is 0 Å². The van der Waals surface area contributed by atoms with E-state index in [1.165, 1.54) is 30.9 Å². The van der Waals surface area contributed by atoms with Crippen LogP contribution in [0.3, 0.4) is 0 Å². The zero-order chi connectivity index (χ0) is 17.2. The fraction of sp³-hybridized carbons (Fsp3) is 0.188. The van der Waals surface area contributed by atoms with E-state index < -0.39 is 5.82 Å². The molecule has 0 fully saturated rings. The van der Waals surface area contributed by atoms with Gasteiger partial charge < -0.3 is 14.8 Å². The first-order chi connectivity index (χ1) is 11.0. The van der Waals surface area contributed by atoms with Gasteiger partial charge in [0.05, 0.1) is 12.1 Å². The first-order valence-corrected chi connectivity index (χ1v) is 7.75. The molecule has 0 saturated carbocycles. The summed E-state index contributed by atoms with van der Waals surface area (Å²) in [5.74, 6) is 0.0241. The predicted octanol–water partition coefficient (Wildman–Crippen LogP) is 5.34. The van der Waals surface area contributed by atoms with Crippen molar-refractivity contribution in [1.29, 1.82) is 0 Å². The third-order valence-electron chi connectivity index (χ3n) is 2.75. The van der Waals surface area contributed by atoms with Gasteiger partial charge in [0.15, 0.2) is 0 Å². The monoisotopic (exact) mass is 375 g/mol. The highest BCUT2D eigenvalue weighted by Crippen LogP contribution is 2.29. The van der Waals surface area contributed by atoms with Gasteiger partial charge in [-0.2, -0.15) is 0 Å². The highest BCUT2D eigenvalue weighted by Gasteiger charge is 2.09. The number of hydrogen-bond donors (Lipinski definition) is 1. The Bertz CT molecular complexity index is 656. The van der Waals surface area contributed by atoms with E-state index >= 15 is 0 Å². The second-order valence-corrected chi connectivity index (χ2v) is 5.22. The van der Waals surface area contributed by atoms with Gasteiger partial charge in [0.1, 0.15) is 23.7 Å². The SMILES string of the molecule is CNc1cccc(Cl)c1COc1ccc(F)cc1Cl.COC=S. The summed E-state index contributed by atoms with van der Waals surface area (Å²) in [5.41, 5.74) is 2.91. The van der Waals surface area contributed by atoms with E-state index in [9.17, 15) is 4.39 Å². The summed E-state index contributed by atoms with van der Waals surface area (Å²) in [6.07, 6.45) is 0. The highest BCUT2D eigenvalue weighted by atomic mass is 35.5. The number of halogens is 3. The van der Waals surface area contributed by atoms with Crippen molar-refractivity contribution < 1.29 is 13.9 Å². The molecule has 7 heteroatoms. The van der Waals surface area contributed by atoms with Crippen LogP contribution in [0.15, 0.2) is 36.4 Å². The van der Waals surface area contributed by atoms with Gasteiger partial charge in [0.2, 0.25) is 0 Å². The Hall–Kier alpha value is -1.56. The van der Waals surface area contributed by atoms with E-state index in [0.717, 1.165) is 11.3 Å². The first kappa shape index (κ1) is 19.5. The maximum absolute atomic E-state index is 12.9. The molecule has 0 radical (unpaired) electrons. The highest BCUT2D eigenvalue weighted by molar-refractivity contribution is 7.78. The second-order valence-electron chi connectivity index (χ2n) is 4.21. The van der Waals surface area contributed by atoms with Crippen LogP contribution < -0.4 is 10.1 Å². The number of anilines is 1. The molecule has 0 aliphatic carbocycles. The van der Waals surface area contributed by atoms with Crippen LogP contribution in [0.5, 0.6) is 5.75 Å². The van der Waals surface area contributed by atoms with E-state index in [-0.39, 0.29) is 11.6 Å². The maximum atomic E-state index is 12.9. The zero-order valence-corrected chi connectivity index (χ0v) is 14.9. The van der Waals surface area contributed by atoms with Gasteiger partial charge in [0, 0.05) is 23.3 Å². The minimum absolute atomic E-state index is 0.234. The minimum atomic E-state index is -0.397. The minimum Gasteiger partial charge on any atom is -0.493 e. The number of benzene rings is 2. The lowest BCUT2D eigenvalue weighted by atomic mass is 10.2. The summed E-state index contributed by atoms with van der Waals surface area (Å²) in [4.78, 5) is 0. The molecule has 0 heterocycles. The Morgan fingerprint density at radius 1 is 1.22 bits per heavy atom. The smallest absolute Gasteiger partial charge is 0.145 e. The predicted molar refractivity (Wildman–Crippen MR) is 97.4 cm³/mol. The molecule has 0 bridgehead atoms. The Labute approximate surface area is 150 Å². The van der Waals surface area contributed by atoms with Gasteiger partial charge in [-0.1, -0.05) is 29.3 Å². The third kappa shape index (κ3) is 6.22. The van der Waals surface area contributed by atoms with Crippen LogP contribution in [0.2, 0.25) is 10.0 Å². The molecular formula is C16H16Cl2FNO2S. The molecule has 2 rings (SSSR count). The van der Waals surface area contributed by atoms with Crippen molar-refractivity contribution in [3.63, 3.8) is 0 Å². The van der Waals surface area contributed by atoms with Crippen molar-refractivity contribution >= 4 is 46.7 Å². The lowest BCUT2D eigenvalue weighted by molar-refractivity contribution is 0.306. The van der Waals surface area contributed by atoms with E-state index in [1.54, 1.807) is 13.1 Å². The maximum Gasteiger partial charge on any atom is 0.145 e. The molecule has 124 valence electrons. The van der Waals surface area contributed by atoms with Crippen molar-refractivity contribution in [3.8, 4) is 5.75 Å². The van der Waals surface area contributed by atoms with Crippen LogP contribution in [0.1, 0.15) is 5.56 Å². The molecule has 2 aromatic rings. The number of hydrogen-bond acceptors (Lipinski definition) is 4.